The van der Waals surface area contributed by atoms with E-state index in [9.17, 15) is 14.3 Å². The Morgan fingerprint density at radius 3 is 2.82 bits per heavy atom. The number of ether oxygens (including phenoxy) is 1. The van der Waals surface area contributed by atoms with Gasteiger partial charge < -0.3 is 29.9 Å². The summed E-state index contributed by atoms with van der Waals surface area (Å²) in [6.45, 7) is 4.41. The average Bonchev–Trinajstić information content (AvgIpc) is 3.38. The van der Waals surface area contributed by atoms with Gasteiger partial charge in [0, 0.05) is 49.5 Å². The molecule has 1 unspecified atom stereocenters. The molecule has 2 fully saturated rings. The summed E-state index contributed by atoms with van der Waals surface area (Å²) in [5.74, 6) is -0.318. The summed E-state index contributed by atoms with van der Waals surface area (Å²) in [5.41, 5.74) is 1.89. The molecule has 39 heavy (non-hydrogen) atoms. The first kappa shape index (κ1) is 27.1. The molecule has 0 bridgehead atoms. The second-order valence-corrected chi connectivity index (χ2v) is 10.8. The number of hydrogen-bond donors (Lipinski definition) is 3. The Bertz CT molecular complexity index is 1280. The highest BCUT2D eigenvalue weighted by molar-refractivity contribution is 5.98. The molecule has 1 saturated carbocycles. The van der Waals surface area contributed by atoms with Crippen LogP contribution in [0.1, 0.15) is 55.6 Å². The quantitative estimate of drug-likeness (QED) is 0.394. The maximum atomic E-state index is 14.1. The largest absolute Gasteiger partial charge is 0.494 e. The zero-order chi connectivity index (χ0) is 27.4. The number of amides is 1. The van der Waals surface area contributed by atoms with Crippen molar-refractivity contribution in [2.75, 3.05) is 38.6 Å². The van der Waals surface area contributed by atoms with Crippen molar-refractivity contribution in [2.24, 2.45) is 0 Å². The summed E-state index contributed by atoms with van der Waals surface area (Å²) in [4.78, 5) is 20.7. The number of methoxy groups -OCH3 is 1. The molecule has 2 heterocycles. The van der Waals surface area contributed by atoms with Crippen LogP contribution in [0.3, 0.4) is 0 Å². The van der Waals surface area contributed by atoms with Crippen molar-refractivity contribution >= 4 is 11.6 Å². The molecular formula is C30H38FN5O3. The normalized spacial score (nSPS) is 23.4. The van der Waals surface area contributed by atoms with Crippen LogP contribution in [0.2, 0.25) is 0 Å². The number of nitrogens with zero attached hydrogens (tertiary/aromatic N) is 3. The van der Waals surface area contributed by atoms with Crippen molar-refractivity contribution in [2.45, 2.75) is 56.7 Å². The van der Waals surface area contributed by atoms with E-state index in [0.29, 0.717) is 44.0 Å². The van der Waals surface area contributed by atoms with E-state index < -0.39 is 11.4 Å². The monoisotopic (exact) mass is 535 g/mol. The van der Waals surface area contributed by atoms with Gasteiger partial charge in [0.25, 0.3) is 5.91 Å². The van der Waals surface area contributed by atoms with Crippen LogP contribution in [0, 0.1) is 5.82 Å². The van der Waals surface area contributed by atoms with Gasteiger partial charge in [0.05, 0.1) is 30.8 Å². The molecule has 5 rings (SSSR count). The molecular weight excluding hydrogens is 497 g/mol. The fraction of sp³-hybridized carbons (Fsp3) is 0.467. The van der Waals surface area contributed by atoms with Crippen LogP contribution >= 0.6 is 0 Å². The Kier molecular flexibility index (Phi) is 8.18. The third-order valence-corrected chi connectivity index (χ3v) is 8.08. The van der Waals surface area contributed by atoms with Crippen LogP contribution in [0.15, 0.2) is 54.9 Å². The molecule has 8 nitrogen and oxygen atoms in total. The molecule has 1 aliphatic carbocycles. The number of hydrogen-bond acceptors (Lipinski definition) is 6. The lowest BCUT2D eigenvalue weighted by Crippen LogP contribution is -2.54. The lowest BCUT2D eigenvalue weighted by Gasteiger charge is -2.39. The van der Waals surface area contributed by atoms with Gasteiger partial charge in [-0.1, -0.05) is 43.2 Å². The van der Waals surface area contributed by atoms with Gasteiger partial charge >= 0.3 is 0 Å². The number of halogens is 1. The van der Waals surface area contributed by atoms with Crippen LogP contribution in [-0.2, 0) is 0 Å². The first-order chi connectivity index (χ1) is 18.9. The van der Waals surface area contributed by atoms with E-state index >= 15 is 0 Å². The smallest absolute Gasteiger partial charge is 0.275 e. The second-order valence-electron chi connectivity index (χ2n) is 10.8. The Balaban J connectivity index is 1.38. The molecule has 0 spiro atoms. The highest BCUT2D eigenvalue weighted by Gasteiger charge is 2.39. The number of piperazine rings is 1. The zero-order valence-electron chi connectivity index (χ0n) is 22.7. The van der Waals surface area contributed by atoms with Gasteiger partial charge in [-0.15, -0.1) is 0 Å². The average molecular weight is 536 g/mol. The molecule has 2 aliphatic rings. The fourth-order valence-corrected chi connectivity index (χ4v) is 5.95. The van der Waals surface area contributed by atoms with Gasteiger partial charge in [-0.2, -0.15) is 0 Å². The molecule has 9 heteroatoms. The van der Waals surface area contributed by atoms with Crippen molar-refractivity contribution in [1.29, 1.82) is 0 Å². The number of rotatable bonds is 8. The molecule has 3 atom stereocenters. The number of anilines is 1. The number of imidazole rings is 1. The van der Waals surface area contributed by atoms with Gasteiger partial charge in [0.2, 0.25) is 0 Å². The minimum atomic E-state index is -0.868. The number of aromatic nitrogens is 2. The van der Waals surface area contributed by atoms with Crippen LogP contribution in [-0.4, -0.2) is 70.4 Å². The highest BCUT2D eigenvalue weighted by atomic mass is 19.1. The number of aliphatic hydroxyl groups is 1. The molecule has 1 aliphatic heterocycles. The van der Waals surface area contributed by atoms with Crippen molar-refractivity contribution in [3.63, 3.8) is 0 Å². The van der Waals surface area contributed by atoms with E-state index in [-0.39, 0.29) is 23.7 Å². The molecule has 2 aromatic carbocycles. The van der Waals surface area contributed by atoms with Gasteiger partial charge in [-0.25, -0.2) is 9.37 Å². The number of nitrogens with one attached hydrogen (secondary N) is 2. The standard InChI is InChI=1S/C30H38FN5O3/c1-30(38)14-7-6-10-26(30)36-20-34-27(28(36)21-8-4-3-5-9-21)29(37)35-17-16-32-19-23(35)13-15-33-22-11-12-25(39-2)24(31)18-22/h3-5,8-9,11-12,18,20,23,26,32-33,38H,6-7,10,13-17,19H2,1-2H3/t23-,26?,30+/m1/s1. The third kappa shape index (κ3) is 5.79. The van der Waals surface area contributed by atoms with Crippen molar-refractivity contribution in [3.8, 4) is 17.0 Å². The molecule has 3 N–H and O–H groups in total. The Morgan fingerprint density at radius 2 is 2.08 bits per heavy atom. The summed E-state index contributed by atoms with van der Waals surface area (Å²) in [5, 5.41) is 17.9. The number of benzene rings is 2. The Hall–Kier alpha value is -3.43. The second kappa shape index (κ2) is 11.8. The SMILES string of the molecule is COc1ccc(NCC[C@@H]2CNCCN2C(=O)c2ncn(C3CCCC[C@]3(C)O)c2-c2ccccc2)cc1F. The van der Waals surface area contributed by atoms with Crippen molar-refractivity contribution < 1.29 is 19.0 Å². The fourth-order valence-electron chi connectivity index (χ4n) is 5.95. The van der Waals surface area contributed by atoms with Gasteiger partial charge in [-0.3, -0.25) is 4.79 Å². The van der Waals surface area contributed by atoms with Crippen LogP contribution in [0.25, 0.3) is 11.3 Å². The molecule has 1 aromatic heterocycles. The summed E-state index contributed by atoms with van der Waals surface area (Å²) >= 11 is 0. The van der Waals surface area contributed by atoms with E-state index in [0.717, 1.165) is 36.9 Å². The minimum Gasteiger partial charge on any atom is -0.494 e. The van der Waals surface area contributed by atoms with Gasteiger partial charge in [0.1, 0.15) is 0 Å². The summed E-state index contributed by atoms with van der Waals surface area (Å²) in [6.07, 6.45) is 6.00. The lowest BCUT2D eigenvalue weighted by atomic mass is 9.81. The predicted molar refractivity (Wildman–Crippen MR) is 150 cm³/mol. The van der Waals surface area contributed by atoms with E-state index in [1.165, 1.54) is 13.2 Å². The maximum Gasteiger partial charge on any atom is 0.275 e. The van der Waals surface area contributed by atoms with E-state index in [1.54, 1.807) is 18.5 Å². The predicted octanol–water partition coefficient (Wildman–Crippen LogP) is 4.48. The summed E-state index contributed by atoms with van der Waals surface area (Å²) < 4.78 is 21.1. The molecule has 208 valence electrons. The highest BCUT2D eigenvalue weighted by Crippen LogP contribution is 2.40. The number of carbonyl (C=O) groups is 1. The molecule has 1 amide bonds. The molecule has 3 aromatic rings. The van der Waals surface area contributed by atoms with Crippen LogP contribution in [0.4, 0.5) is 10.1 Å². The van der Waals surface area contributed by atoms with Gasteiger partial charge in [0.15, 0.2) is 17.3 Å². The Morgan fingerprint density at radius 1 is 1.26 bits per heavy atom. The summed E-state index contributed by atoms with van der Waals surface area (Å²) in [6, 6.07) is 14.5. The molecule has 0 radical (unpaired) electrons. The number of carbonyl (C=O) groups excluding carboxylic acids is 1. The van der Waals surface area contributed by atoms with Crippen molar-refractivity contribution in [1.82, 2.24) is 19.8 Å². The van der Waals surface area contributed by atoms with Crippen molar-refractivity contribution in [3.05, 3.63) is 66.4 Å². The first-order valence-corrected chi connectivity index (χ1v) is 13.8. The van der Waals surface area contributed by atoms with E-state index in [1.807, 2.05) is 46.7 Å². The lowest BCUT2D eigenvalue weighted by molar-refractivity contribution is -0.0243. The van der Waals surface area contributed by atoms with E-state index in [2.05, 4.69) is 15.6 Å². The summed E-state index contributed by atoms with van der Waals surface area (Å²) in [7, 11) is 1.44. The third-order valence-electron chi connectivity index (χ3n) is 8.08. The minimum absolute atomic E-state index is 0.0478. The maximum absolute atomic E-state index is 14.1. The topological polar surface area (TPSA) is 91.7 Å². The zero-order valence-corrected chi connectivity index (χ0v) is 22.7. The van der Waals surface area contributed by atoms with Crippen LogP contribution < -0.4 is 15.4 Å². The van der Waals surface area contributed by atoms with E-state index in [4.69, 9.17) is 4.74 Å². The van der Waals surface area contributed by atoms with Gasteiger partial charge in [-0.05, 0) is 38.3 Å². The molecule has 1 saturated heterocycles. The van der Waals surface area contributed by atoms with Crippen LogP contribution in [0.5, 0.6) is 5.75 Å². The first-order valence-electron chi connectivity index (χ1n) is 13.8. The Labute approximate surface area is 229 Å².